The van der Waals surface area contributed by atoms with Gasteiger partial charge in [0.1, 0.15) is 17.3 Å². The number of ketones is 1. The van der Waals surface area contributed by atoms with Crippen LogP contribution >= 0.6 is 0 Å². The minimum Gasteiger partial charge on any atom is -0.496 e. The third-order valence-corrected chi connectivity index (χ3v) is 3.76. The lowest BCUT2D eigenvalue weighted by Crippen LogP contribution is -2.23. The highest BCUT2D eigenvalue weighted by atomic mass is 19.1. The maximum atomic E-state index is 13.5. The maximum Gasteiger partial charge on any atom is 0.133 e. The fourth-order valence-corrected chi connectivity index (χ4v) is 2.63. The lowest BCUT2D eigenvalue weighted by molar-refractivity contribution is -0.124. The summed E-state index contributed by atoms with van der Waals surface area (Å²) in [5.74, 6) is 0.660. The fraction of sp³-hybridized carbons (Fsp3) is 0.562. The summed E-state index contributed by atoms with van der Waals surface area (Å²) in [5.41, 5.74) is 0.743. The van der Waals surface area contributed by atoms with Crippen LogP contribution in [0.3, 0.4) is 0 Å². The van der Waals surface area contributed by atoms with Gasteiger partial charge in [0, 0.05) is 18.4 Å². The van der Waals surface area contributed by atoms with Gasteiger partial charge >= 0.3 is 0 Å². The number of halogens is 1. The molecule has 1 aliphatic carbocycles. The Morgan fingerprint density at radius 1 is 1.35 bits per heavy atom. The molecule has 0 radical (unpaired) electrons. The summed E-state index contributed by atoms with van der Waals surface area (Å²) in [6, 6.07) is 4.48. The largest absolute Gasteiger partial charge is 0.496 e. The number of carbonyl (C=O) groups excluding carboxylic acids is 1. The predicted molar refractivity (Wildman–Crippen MR) is 74.3 cm³/mol. The van der Waals surface area contributed by atoms with E-state index in [4.69, 9.17) is 9.47 Å². The maximum absolute atomic E-state index is 13.5. The van der Waals surface area contributed by atoms with Crippen molar-refractivity contribution in [1.29, 1.82) is 0 Å². The Labute approximate surface area is 119 Å². The van der Waals surface area contributed by atoms with E-state index in [1.165, 1.54) is 12.1 Å². The van der Waals surface area contributed by atoms with E-state index in [9.17, 15) is 9.18 Å². The molecule has 1 aromatic carbocycles. The van der Waals surface area contributed by atoms with E-state index < -0.39 is 0 Å². The Kier molecular flexibility index (Phi) is 5.12. The minimum atomic E-state index is -0.290. The molecular weight excluding hydrogens is 259 g/mol. The van der Waals surface area contributed by atoms with Crippen molar-refractivity contribution in [2.24, 2.45) is 0 Å². The molecule has 0 spiro atoms. The SMILES string of the molecule is CC[C@H](OC1CCC(=O)CC1)c1cc(F)ccc1OC. The third kappa shape index (κ3) is 3.57. The molecule has 0 saturated heterocycles. The summed E-state index contributed by atoms with van der Waals surface area (Å²) in [6.45, 7) is 2.00. The average molecular weight is 280 g/mol. The Morgan fingerprint density at radius 3 is 2.65 bits per heavy atom. The van der Waals surface area contributed by atoms with Crippen LogP contribution in [0.2, 0.25) is 0 Å². The normalized spacial score (nSPS) is 18.1. The number of methoxy groups -OCH3 is 1. The van der Waals surface area contributed by atoms with Gasteiger partial charge in [-0.2, -0.15) is 0 Å². The van der Waals surface area contributed by atoms with Crippen LogP contribution in [-0.4, -0.2) is 19.0 Å². The lowest BCUT2D eigenvalue weighted by atomic mass is 9.96. The molecule has 110 valence electrons. The molecule has 2 rings (SSSR count). The number of hydrogen-bond donors (Lipinski definition) is 0. The Morgan fingerprint density at radius 2 is 2.05 bits per heavy atom. The highest BCUT2D eigenvalue weighted by Crippen LogP contribution is 2.33. The van der Waals surface area contributed by atoms with E-state index in [0.717, 1.165) is 24.8 Å². The number of Topliss-reactive ketones (excluding diaryl/α,β-unsaturated/α-hetero) is 1. The van der Waals surface area contributed by atoms with Crippen LogP contribution in [0.5, 0.6) is 5.75 Å². The van der Waals surface area contributed by atoms with E-state index in [2.05, 4.69) is 0 Å². The highest BCUT2D eigenvalue weighted by Gasteiger charge is 2.24. The summed E-state index contributed by atoms with van der Waals surface area (Å²) < 4.78 is 24.8. The molecule has 0 N–H and O–H groups in total. The second-order valence-electron chi connectivity index (χ2n) is 5.16. The number of hydrogen-bond acceptors (Lipinski definition) is 3. The summed E-state index contributed by atoms with van der Waals surface area (Å²) in [4.78, 5) is 11.3. The average Bonchev–Trinajstić information content (AvgIpc) is 2.46. The quantitative estimate of drug-likeness (QED) is 0.822. The smallest absolute Gasteiger partial charge is 0.133 e. The van der Waals surface area contributed by atoms with Crippen LogP contribution in [0.1, 0.15) is 50.7 Å². The Bertz CT molecular complexity index is 463. The van der Waals surface area contributed by atoms with Gasteiger partial charge in [-0.15, -0.1) is 0 Å². The molecule has 0 heterocycles. The van der Waals surface area contributed by atoms with E-state index in [0.29, 0.717) is 24.4 Å². The first-order valence-electron chi connectivity index (χ1n) is 7.14. The van der Waals surface area contributed by atoms with Gasteiger partial charge in [0.15, 0.2) is 0 Å². The van der Waals surface area contributed by atoms with E-state index >= 15 is 0 Å². The summed E-state index contributed by atoms with van der Waals surface area (Å²) >= 11 is 0. The predicted octanol–water partition coefficient (Wildman–Crippen LogP) is 3.81. The molecule has 1 atom stereocenters. The van der Waals surface area contributed by atoms with Gasteiger partial charge in [0.25, 0.3) is 0 Å². The van der Waals surface area contributed by atoms with Crippen molar-refractivity contribution < 1.29 is 18.7 Å². The number of ether oxygens (including phenoxy) is 2. The van der Waals surface area contributed by atoms with Gasteiger partial charge in [0.2, 0.25) is 0 Å². The van der Waals surface area contributed by atoms with Crippen molar-refractivity contribution in [3.8, 4) is 5.75 Å². The molecule has 4 heteroatoms. The summed E-state index contributed by atoms with van der Waals surface area (Å²) in [6.07, 6.45) is 3.30. The molecule has 1 aromatic rings. The molecule has 0 bridgehead atoms. The van der Waals surface area contributed by atoms with Gasteiger partial charge < -0.3 is 9.47 Å². The molecule has 1 fully saturated rings. The zero-order chi connectivity index (χ0) is 14.5. The molecule has 0 amide bonds. The van der Waals surface area contributed by atoms with Crippen LogP contribution in [0.15, 0.2) is 18.2 Å². The van der Waals surface area contributed by atoms with Crippen LogP contribution in [0, 0.1) is 5.82 Å². The van der Waals surface area contributed by atoms with E-state index in [1.807, 2.05) is 6.92 Å². The topological polar surface area (TPSA) is 35.5 Å². The standard InChI is InChI=1S/C16H21FO3/c1-3-15(20-13-7-5-12(18)6-8-13)14-10-11(17)4-9-16(14)19-2/h4,9-10,13,15H,3,5-8H2,1-2H3/t15-/m0/s1. The van der Waals surface area contributed by atoms with Crippen molar-refractivity contribution in [2.45, 2.75) is 51.2 Å². The first-order chi connectivity index (χ1) is 9.63. The molecule has 1 aliphatic rings. The molecule has 0 aromatic heterocycles. The Balaban J connectivity index is 2.11. The highest BCUT2D eigenvalue weighted by molar-refractivity contribution is 5.79. The first-order valence-corrected chi connectivity index (χ1v) is 7.14. The molecule has 3 nitrogen and oxygen atoms in total. The van der Waals surface area contributed by atoms with Crippen LogP contribution < -0.4 is 4.74 Å². The van der Waals surface area contributed by atoms with Crippen molar-refractivity contribution in [3.63, 3.8) is 0 Å². The number of benzene rings is 1. The van der Waals surface area contributed by atoms with Gasteiger partial charge in [0.05, 0.1) is 19.3 Å². The molecule has 1 saturated carbocycles. The van der Waals surface area contributed by atoms with Crippen molar-refractivity contribution in [3.05, 3.63) is 29.6 Å². The number of carbonyl (C=O) groups is 1. The van der Waals surface area contributed by atoms with E-state index in [1.54, 1.807) is 13.2 Å². The molecular formula is C16H21FO3. The monoisotopic (exact) mass is 280 g/mol. The van der Waals surface area contributed by atoms with Gasteiger partial charge in [-0.3, -0.25) is 4.79 Å². The molecule has 20 heavy (non-hydrogen) atoms. The summed E-state index contributed by atoms with van der Waals surface area (Å²) in [5, 5.41) is 0. The minimum absolute atomic E-state index is 0.0747. The van der Waals surface area contributed by atoms with Gasteiger partial charge in [-0.05, 0) is 37.5 Å². The second-order valence-corrected chi connectivity index (χ2v) is 5.16. The van der Waals surface area contributed by atoms with E-state index in [-0.39, 0.29) is 18.0 Å². The van der Waals surface area contributed by atoms with Gasteiger partial charge in [-0.25, -0.2) is 4.39 Å². The zero-order valence-corrected chi connectivity index (χ0v) is 12.0. The van der Waals surface area contributed by atoms with Crippen molar-refractivity contribution >= 4 is 5.78 Å². The van der Waals surface area contributed by atoms with Crippen molar-refractivity contribution in [2.75, 3.05) is 7.11 Å². The molecule has 0 aliphatic heterocycles. The van der Waals surface area contributed by atoms with Crippen molar-refractivity contribution in [1.82, 2.24) is 0 Å². The zero-order valence-electron chi connectivity index (χ0n) is 12.0. The van der Waals surface area contributed by atoms with Crippen LogP contribution in [-0.2, 0) is 9.53 Å². The van der Waals surface area contributed by atoms with Crippen LogP contribution in [0.4, 0.5) is 4.39 Å². The second kappa shape index (κ2) is 6.84. The Hall–Kier alpha value is -1.42. The third-order valence-electron chi connectivity index (χ3n) is 3.76. The summed E-state index contributed by atoms with van der Waals surface area (Å²) in [7, 11) is 1.57. The molecule has 0 unspecified atom stereocenters. The van der Waals surface area contributed by atoms with Gasteiger partial charge in [-0.1, -0.05) is 6.92 Å². The lowest BCUT2D eigenvalue weighted by Gasteiger charge is -2.27. The first kappa shape index (κ1) is 15.0. The van der Waals surface area contributed by atoms with Crippen LogP contribution in [0.25, 0.3) is 0 Å². The fourth-order valence-electron chi connectivity index (χ4n) is 2.63. The number of rotatable bonds is 5.